The Labute approximate surface area is 140 Å². The number of nitrogens with zero attached hydrogens (tertiary/aromatic N) is 4. The normalized spacial score (nSPS) is 23.2. The molecule has 0 radical (unpaired) electrons. The molecule has 1 saturated carbocycles. The summed E-state index contributed by atoms with van der Waals surface area (Å²) in [6, 6.07) is 4.06. The van der Waals surface area contributed by atoms with E-state index < -0.39 is 0 Å². The average molecular weight is 324 g/mol. The Morgan fingerprint density at radius 3 is 3.04 bits per heavy atom. The average Bonchev–Trinajstić information content (AvgIpc) is 3.13. The molecule has 0 unspecified atom stereocenters. The van der Waals surface area contributed by atoms with Crippen LogP contribution in [0.25, 0.3) is 0 Å². The molecule has 2 fully saturated rings. The van der Waals surface area contributed by atoms with Crippen molar-refractivity contribution in [2.75, 3.05) is 11.9 Å². The van der Waals surface area contributed by atoms with Crippen molar-refractivity contribution in [3.63, 3.8) is 0 Å². The van der Waals surface area contributed by atoms with E-state index in [4.69, 9.17) is 10.00 Å². The Morgan fingerprint density at radius 2 is 2.25 bits per heavy atom. The summed E-state index contributed by atoms with van der Waals surface area (Å²) in [5, 5.41) is 19.8. The van der Waals surface area contributed by atoms with Gasteiger partial charge < -0.3 is 10.1 Å². The van der Waals surface area contributed by atoms with Gasteiger partial charge in [0.1, 0.15) is 12.2 Å². The fraction of sp³-hybridized carbons (Fsp3) is 0.529. The van der Waals surface area contributed by atoms with Crippen molar-refractivity contribution in [1.29, 1.82) is 5.26 Å². The molecule has 0 amide bonds. The van der Waals surface area contributed by atoms with Crippen LogP contribution in [0.3, 0.4) is 0 Å². The minimum atomic E-state index is -0.00795. The first kappa shape index (κ1) is 15.1. The third-order valence-electron chi connectivity index (χ3n) is 4.56. The molecule has 1 aliphatic carbocycles. The van der Waals surface area contributed by atoms with Gasteiger partial charge in [-0.25, -0.2) is 4.98 Å². The summed E-state index contributed by atoms with van der Waals surface area (Å²) in [5.74, 6) is 2.33. The monoisotopic (exact) mass is 324 g/mol. The van der Waals surface area contributed by atoms with Crippen molar-refractivity contribution in [2.45, 2.75) is 50.7 Å². The maximum Gasteiger partial charge on any atom is 0.153 e. The second kappa shape index (κ2) is 6.21. The summed E-state index contributed by atoms with van der Waals surface area (Å²) in [7, 11) is 0. The van der Waals surface area contributed by atoms with E-state index in [0.29, 0.717) is 18.0 Å². The predicted octanol–water partition coefficient (Wildman–Crippen LogP) is 2.59. The number of aryl methyl sites for hydroxylation is 1. The van der Waals surface area contributed by atoms with Gasteiger partial charge >= 0.3 is 0 Å². The highest BCUT2D eigenvalue weighted by Gasteiger charge is 2.32. The zero-order valence-electron chi connectivity index (χ0n) is 13.6. The number of hydrogen-bond donors (Lipinski definition) is 2. The summed E-state index contributed by atoms with van der Waals surface area (Å²) in [6.07, 6.45) is 5.99. The fourth-order valence-electron chi connectivity index (χ4n) is 3.03. The molecule has 2 aromatic rings. The molecular formula is C17H20N6O. The molecule has 0 aromatic carbocycles. The van der Waals surface area contributed by atoms with E-state index in [0.717, 1.165) is 35.9 Å². The fourth-order valence-corrected chi connectivity index (χ4v) is 3.03. The molecular weight excluding hydrogens is 304 g/mol. The zero-order chi connectivity index (χ0) is 16.5. The molecule has 124 valence electrons. The Kier molecular flexibility index (Phi) is 3.90. The van der Waals surface area contributed by atoms with Crippen LogP contribution in [0.2, 0.25) is 0 Å². The smallest absolute Gasteiger partial charge is 0.153 e. The van der Waals surface area contributed by atoms with E-state index in [-0.39, 0.29) is 12.2 Å². The number of anilines is 1. The maximum atomic E-state index is 9.16. The Bertz CT molecular complexity index is 776. The van der Waals surface area contributed by atoms with Gasteiger partial charge in [0, 0.05) is 24.4 Å². The molecule has 7 nitrogen and oxygen atoms in total. The van der Waals surface area contributed by atoms with E-state index in [1.807, 2.05) is 13.0 Å². The molecule has 2 aromatic heterocycles. The summed E-state index contributed by atoms with van der Waals surface area (Å²) in [6.45, 7) is 2.58. The molecule has 4 rings (SSSR count). The molecule has 2 aliphatic rings. The van der Waals surface area contributed by atoms with Crippen molar-refractivity contribution < 1.29 is 4.74 Å². The molecule has 3 heterocycles. The van der Waals surface area contributed by atoms with Gasteiger partial charge in [-0.15, -0.1) is 0 Å². The van der Waals surface area contributed by atoms with E-state index in [1.54, 1.807) is 6.20 Å². The minimum Gasteiger partial charge on any atom is -0.381 e. The third-order valence-corrected chi connectivity index (χ3v) is 4.56. The summed E-state index contributed by atoms with van der Waals surface area (Å²) < 4.78 is 6.09. The summed E-state index contributed by atoms with van der Waals surface area (Å²) >= 11 is 0. The van der Waals surface area contributed by atoms with E-state index >= 15 is 0 Å². The van der Waals surface area contributed by atoms with E-state index in [9.17, 15) is 0 Å². The number of pyridine rings is 1. The summed E-state index contributed by atoms with van der Waals surface area (Å²) in [4.78, 5) is 8.73. The number of hydrogen-bond acceptors (Lipinski definition) is 6. The van der Waals surface area contributed by atoms with Crippen LogP contribution in [0.4, 0.5) is 5.69 Å². The first-order chi connectivity index (χ1) is 11.7. The van der Waals surface area contributed by atoms with Crippen LogP contribution in [0.15, 0.2) is 12.3 Å². The highest BCUT2D eigenvalue weighted by molar-refractivity contribution is 5.56. The number of nitriles is 1. The standard InChI is InChI=1S/C17H20N6O/c1-10-6-14(12(7-18)8-19-10)20-9-13-4-5-15(24-13)17-21-16(22-23-17)11-2-3-11/h6,8,11,13,15H,2-5,9H2,1H3,(H,19,20)(H,21,22,23)/t13-,15+/m0/s1. The minimum absolute atomic E-state index is 0.00795. The van der Waals surface area contributed by atoms with Gasteiger partial charge in [-0.3, -0.25) is 10.1 Å². The van der Waals surface area contributed by atoms with Crippen LogP contribution in [-0.4, -0.2) is 32.8 Å². The highest BCUT2D eigenvalue weighted by Crippen LogP contribution is 2.39. The second-order valence-electron chi connectivity index (χ2n) is 6.54. The Morgan fingerprint density at radius 1 is 1.38 bits per heavy atom. The van der Waals surface area contributed by atoms with Crippen LogP contribution in [0.5, 0.6) is 0 Å². The van der Waals surface area contributed by atoms with Gasteiger partial charge in [-0.05, 0) is 38.7 Å². The number of nitrogens with one attached hydrogen (secondary N) is 2. The number of aromatic nitrogens is 4. The van der Waals surface area contributed by atoms with Crippen LogP contribution < -0.4 is 5.32 Å². The molecule has 1 saturated heterocycles. The van der Waals surface area contributed by atoms with Crippen LogP contribution in [0, 0.1) is 18.3 Å². The molecule has 2 N–H and O–H groups in total. The largest absolute Gasteiger partial charge is 0.381 e. The van der Waals surface area contributed by atoms with Crippen molar-refractivity contribution in [2.24, 2.45) is 0 Å². The van der Waals surface area contributed by atoms with Gasteiger partial charge in [0.2, 0.25) is 0 Å². The molecule has 2 atom stereocenters. The highest BCUT2D eigenvalue weighted by atomic mass is 16.5. The van der Waals surface area contributed by atoms with Crippen LogP contribution in [0.1, 0.15) is 60.6 Å². The molecule has 1 aliphatic heterocycles. The maximum absolute atomic E-state index is 9.16. The second-order valence-corrected chi connectivity index (χ2v) is 6.54. The van der Waals surface area contributed by atoms with Crippen molar-refractivity contribution in [3.8, 4) is 6.07 Å². The SMILES string of the molecule is Cc1cc(NC[C@@H]2CC[C@H](c3nc(C4CC4)n[nH]3)O2)c(C#N)cn1. The van der Waals surface area contributed by atoms with Crippen molar-refractivity contribution >= 4 is 5.69 Å². The molecule has 7 heteroatoms. The van der Waals surface area contributed by atoms with E-state index in [2.05, 4.69) is 31.6 Å². The van der Waals surface area contributed by atoms with Gasteiger partial charge in [0.15, 0.2) is 11.6 Å². The van der Waals surface area contributed by atoms with Gasteiger partial charge in [-0.1, -0.05) is 0 Å². The van der Waals surface area contributed by atoms with Crippen molar-refractivity contribution in [3.05, 3.63) is 35.2 Å². The number of rotatable bonds is 5. The molecule has 0 bridgehead atoms. The quantitative estimate of drug-likeness (QED) is 0.877. The van der Waals surface area contributed by atoms with Gasteiger partial charge in [-0.2, -0.15) is 10.4 Å². The first-order valence-electron chi connectivity index (χ1n) is 8.41. The number of ether oxygens (including phenoxy) is 1. The Balaban J connectivity index is 1.35. The zero-order valence-corrected chi connectivity index (χ0v) is 13.6. The van der Waals surface area contributed by atoms with Crippen molar-refractivity contribution in [1.82, 2.24) is 20.2 Å². The number of H-pyrrole nitrogens is 1. The summed E-state index contributed by atoms with van der Waals surface area (Å²) in [5.41, 5.74) is 2.25. The molecule has 0 spiro atoms. The Hall–Kier alpha value is -2.46. The topological polar surface area (TPSA) is 99.5 Å². The third kappa shape index (κ3) is 3.10. The lowest BCUT2D eigenvalue weighted by Crippen LogP contribution is -2.19. The van der Waals surface area contributed by atoms with Gasteiger partial charge in [0.25, 0.3) is 0 Å². The van der Waals surface area contributed by atoms with Crippen LogP contribution >= 0.6 is 0 Å². The lowest BCUT2D eigenvalue weighted by molar-refractivity contribution is 0.0472. The van der Waals surface area contributed by atoms with Crippen LogP contribution in [-0.2, 0) is 4.74 Å². The first-order valence-corrected chi connectivity index (χ1v) is 8.41. The predicted molar refractivity (Wildman–Crippen MR) is 87.4 cm³/mol. The lowest BCUT2D eigenvalue weighted by atomic mass is 10.1. The lowest BCUT2D eigenvalue weighted by Gasteiger charge is -2.14. The number of aromatic amines is 1. The van der Waals surface area contributed by atoms with Gasteiger partial charge in [0.05, 0.1) is 17.4 Å². The van der Waals surface area contributed by atoms with E-state index in [1.165, 1.54) is 12.8 Å². The molecule has 24 heavy (non-hydrogen) atoms.